The van der Waals surface area contributed by atoms with Crippen LogP contribution in [0, 0.1) is 11.8 Å². The summed E-state index contributed by atoms with van der Waals surface area (Å²) in [6, 6.07) is 0. The monoisotopic (exact) mass is 149 g/mol. The quantitative estimate of drug-likeness (QED) is 0.413. The first-order valence-electron chi connectivity index (χ1n) is 3.80. The maximum absolute atomic E-state index is 10.6. The van der Waals surface area contributed by atoms with Gasteiger partial charge in [-0.3, -0.25) is 4.79 Å². The summed E-state index contributed by atoms with van der Waals surface area (Å²) in [6.45, 7) is 6.05. The third-order valence-electron chi connectivity index (χ3n) is 2.03. The Morgan fingerprint density at radius 1 is 1.36 bits per heavy atom. The molecule has 0 bridgehead atoms. The molecule has 1 rings (SSSR count). The Balaban J connectivity index is 2.90. The maximum atomic E-state index is 10.6. The molecule has 1 nitrogen and oxygen atoms in total. The maximum Gasteiger partial charge on any atom is 0.156 e. The van der Waals surface area contributed by atoms with E-state index in [1.54, 1.807) is 0 Å². The Morgan fingerprint density at radius 3 is 2.18 bits per heavy atom. The van der Waals surface area contributed by atoms with Gasteiger partial charge >= 0.3 is 0 Å². The molecule has 0 amide bonds. The Morgan fingerprint density at radius 2 is 1.82 bits per heavy atom. The summed E-state index contributed by atoms with van der Waals surface area (Å²) in [5.74, 6) is 1.26. The van der Waals surface area contributed by atoms with Gasteiger partial charge in [-0.2, -0.15) is 0 Å². The van der Waals surface area contributed by atoms with Gasteiger partial charge in [0.25, 0.3) is 0 Å². The predicted molar refractivity (Wildman–Crippen MR) is 46.0 cm³/mol. The second-order valence-electron chi connectivity index (χ2n) is 3.13. The summed E-state index contributed by atoms with van der Waals surface area (Å²) in [5, 5.41) is 0. The zero-order chi connectivity index (χ0) is 8.43. The molecule has 1 aliphatic rings. The van der Waals surface area contributed by atoms with Gasteiger partial charge in [-0.1, -0.05) is 0 Å². The minimum absolute atomic E-state index is 0.0266. The van der Waals surface area contributed by atoms with Crippen molar-refractivity contribution in [2.24, 2.45) is 5.92 Å². The number of rotatable bonds is 1. The summed E-state index contributed by atoms with van der Waals surface area (Å²) in [5.41, 5.74) is 2.30. The zero-order valence-electron chi connectivity index (χ0n) is 7.22. The number of hydrogen-bond donors (Lipinski definition) is 0. The second kappa shape index (κ2) is 2.95. The molecule has 0 heterocycles. The molecule has 0 spiro atoms. The van der Waals surface area contributed by atoms with Gasteiger partial charge in [0.15, 0.2) is 6.29 Å². The average molecular weight is 149 g/mol. The molecule has 0 saturated carbocycles. The van der Waals surface area contributed by atoms with E-state index < -0.39 is 0 Å². The zero-order valence-corrected chi connectivity index (χ0v) is 7.22. The van der Waals surface area contributed by atoms with Crippen LogP contribution >= 0.6 is 0 Å². The molecular formula is C10H13O+. The van der Waals surface area contributed by atoms with Crippen molar-refractivity contribution in [3.63, 3.8) is 0 Å². The van der Waals surface area contributed by atoms with Crippen molar-refractivity contribution in [3.05, 3.63) is 29.2 Å². The van der Waals surface area contributed by atoms with Crippen LogP contribution in [0.3, 0.4) is 0 Å². The highest BCUT2D eigenvalue weighted by atomic mass is 16.1. The van der Waals surface area contributed by atoms with Crippen molar-refractivity contribution < 1.29 is 4.79 Å². The molecule has 0 aromatic carbocycles. The van der Waals surface area contributed by atoms with Gasteiger partial charge < -0.3 is 0 Å². The molecule has 0 aromatic heterocycles. The fourth-order valence-corrected chi connectivity index (χ4v) is 1.51. The molecule has 0 radical (unpaired) electrons. The third kappa shape index (κ3) is 1.53. The van der Waals surface area contributed by atoms with Crippen molar-refractivity contribution in [2.75, 3.05) is 0 Å². The standard InChI is InChI=1S/C10H13O/c1-7-4-8(2)10(6-11)9(3)5-7/h4-6,10H,1-3H3/q+1. The highest BCUT2D eigenvalue weighted by molar-refractivity contribution is 5.66. The van der Waals surface area contributed by atoms with E-state index in [0.717, 1.165) is 17.4 Å². The third-order valence-corrected chi connectivity index (χ3v) is 2.03. The molecule has 0 unspecified atom stereocenters. The minimum Gasteiger partial charge on any atom is -0.300 e. The summed E-state index contributed by atoms with van der Waals surface area (Å²) < 4.78 is 0. The van der Waals surface area contributed by atoms with E-state index in [1.165, 1.54) is 5.92 Å². The van der Waals surface area contributed by atoms with Crippen LogP contribution in [0.5, 0.6) is 0 Å². The molecule has 1 heteroatoms. The van der Waals surface area contributed by atoms with E-state index in [-0.39, 0.29) is 5.92 Å². The second-order valence-corrected chi connectivity index (χ2v) is 3.13. The van der Waals surface area contributed by atoms with Gasteiger partial charge in [0.2, 0.25) is 0 Å². The van der Waals surface area contributed by atoms with Gasteiger partial charge in [0, 0.05) is 50.0 Å². The van der Waals surface area contributed by atoms with E-state index in [2.05, 4.69) is 12.2 Å². The smallest absolute Gasteiger partial charge is 0.156 e. The Labute approximate surface area is 67.8 Å². The number of aldehydes is 1. The van der Waals surface area contributed by atoms with Crippen molar-refractivity contribution in [2.45, 2.75) is 20.8 Å². The van der Waals surface area contributed by atoms with Crippen molar-refractivity contribution in [3.8, 4) is 0 Å². The first-order chi connectivity index (χ1) is 5.15. The van der Waals surface area contributed by atoms with Crippen LogP contribution in [-0.4, -0.2) is 6.29 Å². The lowest BCUT2D eigenvalue weighted by Gasteiger charge is -2.10. The molecule has 0 aromatic rings. The number of carbonyl (C=O) groups excluding carboxylic acids is 1. The Kier molecular flexibility index (Phi) is 2.18. The molecular weight excluding hydrogens is 136 g/mol. The Hall–Kier alpha value is -0.980. The molecule has 1 aliphatic carbocycles. The predicted octanol–water partition coefficient (Wildman–Crippen LogP) is 2.30. The lowest BCUT2D eigenvalue weighted by molar-refractivity contribution is -0.109. The largest absolute Gasteiger partial charge is 0.300 e. The normalized spacial score (nSPS) is 19.4. The van der Waals surface area contributed by atoms with Gasteiger partial charge in [-0.25, -0.2) is 0 Å². The SMILES string of the molecule is CC1=C[C+](C)C=C(C)C1C=O. The number of carbonyl (C=O) groups is 1. The molecule has 0 atom stereocenters. The van der Waals surface area contributed by atoms with Gasteiger partial charge in [-0.15, -0.1) is 0 Å². The summed E-state index contributed by atoms with van der Waals surface area (Å²) in [4.78, 5) is 10.6. The average Bonchev–Trinajstić information content (AvgIpc) is 1.85. The first kappa shape index (κ1) is 8.12. The number of allylic oxidation sites excluding steroid dienone is 4. The lowest BCUT2D eigenvalue weighted by atomic mass is 9.85. The van der Waals surface area contributed by atoms with Crippen molar-refractivity contribution in [1.82, 2.24) is 0 Å². The van der Waals surface area contributed by atoms with Crippen LogP contribution in [0.2, 0.25) is 0 Å². The summed E-state index contributed by atoms with van der Waals surface area (Å²) in [6.07, 6.45) is 5.13. The van der Waals surface area contributed by atoms with Crippen LogP contribution in [-0.2, 0) is 4.79 Å². The van der Waals surface area contributed by atoms with Crippen LogP contribution in [0.1, 0.15) is 20.8 Å². The summed E-state index contributed by atoms with van der Waals surface area (Å²) >= 11 is 0. The fraction of sp³-hybridized carbons (Fsp3) is 0.400. The molecule has 0 N–H and O–H groups in total. The van der Waals surface area contributed by atoms with Crippen molar-refractivity contribution in [1.29, 1.82) is 0 Å². The fourth-order valence-electron chi connectivity index (χ4n) is 1.51. The van der Waals surface area contributed by atoms with Crippen LogP contribution in [0.4, 0.5) is 0 Å². The van der Waals surface area contributed by atoms with Crippen LogP contribution in [0.15, 0.2) is 23.3 Å². The minimum atomic E-state index is 0.0266. The van der Waals surface area contributed by atoms with Crippen molar-refractivity contribution >= 4 is 6.29 Å². The Bertz CT molecular complexity index is 203. The van der Waals surface area contributed by atoms with E-state index in [4.69, 9.17) is 0 Å². The van der Waals surface area contributed by atoms with E-state index in [0.29, 0.717) is 0 Å². The lowest BCUT2D eigenvalue weighted by Crippen LogP contribution is -2.10. The van der Waals surface area contributed by atoms with Gasteiger partial charge in [-0.05, 0) is 0 Å². The molecule has 0 fully saturated rings. The van der Waals surface area contributed by atoms with Crippen LogP contribution in [0.25, 0.3) is 0 Å². The molecule has 0 aliphatic heterocycles. The van der Waals surface area contributed by atoms with E-state index >= 15 is 0 Å². The van der Waals surface area contributed by atoms with Crippen LogP contribution < -0.4 is 0 Å². The number of hydrogen-bond acceptors (Lipinski definition) is 1. The highest BCUT2D eigenvalue weighted by Crippen LogP contribution is 2.26. The first-order valence-corrected chi connectivity index (χ1v) is 3.80. The topological polar surface area (TPSA) is 17.1 Å². The summed E-state index contributed by atoms with van der Waals surface area (Å²) in [7, 11) is 0. The van der Waals surface area contributed by atoms with Gasteiger partial charge in [0.1, 0.15) is 5.92 Å². The van der Waals surface area contributed by atoms with Gasteiger partial charge in [0.05, 0.1) is 0 Å². The highest BCUT2D eigenvalue weighted by Gasteiger charge is 2.25. The molecule has 11 heavy (non-hydrogen) atoms. The van der Waals surface area contributed by atoms with E-state index in [1.807, 2.05) is 20.8 Å². The van der Waals surface area contributed by atoms with E-state index in [9.17, 15) is 4.79 Å². The molecule has 58 valence electrons. The molecule has 0 saturated heterocycles.